The lowest BCUT2D eigenvalue weighted by molar-refractivity contribution is -0.122. The summed E-state index contributed by atoms with van der Waals surface area (Å²) in [4.78, 5) is 31.3. The summed E-state index contributed by atoms with van der Waals surface area (Å²) in [5, 5.41) is 9.61. The number of aryl methyl sites for hydroxylation is 2. The van der Waals surface area contributed by atoms with Crippen molar-refractivity contribution in [3.05, 3.63) is 59.7 Å². The van der Waals surface area contributed by atoms with E-state index in [0.29, 0.717) is 17.0 Å². The van der Waals surface area contributed by atoms with Gasteiger partial charge in [-0.25, -0.2) is 4.39 Å². The van der Waals surface area contributed by atoms with E-state index in [2.05, 4.69) is 31.7 Å². The molecular formula is C26H30FN5O3. The zero-order valence-corrected chi connectivity index (χ0v) is 20.0. The van der Waals surface area contributed by atoms with Crippen LogP contribution in [-0.4, -0.2) is 41.1 Å². The first kappa shape index (κ1) is 24.4. The first-order valence-corrected chi connectivity index (χ1v) is 11.9. The van der Waals surface area contributed by atoms with E-state index in [1.807, 2.05) is 18.2 Å². The lowest BCUT2D eigenvalue weighted by atomic mass is 10.1. The minimum atomic E-state index is -0.342. The number of hydrogen-bond donors (Lipinski definition) is 2. The molecule has 9 heteroatoms. The van der Waals surface area contributed by atoms with Gasteiger partial charge in [0.05, 0.1) is 0 Å². The Morgan fingerprint density at radius 1 is 1.14 bits per heavy atom. The third-order valence-corrected chi connectivity index (χ3v) is 5.96. The summed E-state index contributed by atoms with van der Waals surface area (Å²) in [5.41, 5.74) is 2.91. The summed E-state index contributed by atoms with van der Waals surface area (Å²) in [7, 11) is 0. The van der Waals surface area contributed by atoms with Gasteiger partial charge < -0.3 is 20.1 Å². The Morgan fingerprint density at radius 2 is 1.94 bits per heavy atom. The van der Waals surface area contributed by atoms with E-state index in [4.69, 9.17) is 4.52 Å². The number of benzene rings is 2. The van der Waals surface area contributed by atoms with Crippen molar-refractivity contribution in [3.8, 4) is 11.4 Å². The largest absolute Gasteiger partial charge is 0.371 e. The second-order valence-corrected chi connectivity index (χ2v) is 8.94. The van der Waals surface area contributed by atoms with Crippen LogP contribution < -0.4 is 15.5 Å². The number of aromatic nitrogens is 2. The fraction of sp³-hybridized carbons (Fsp3) is 0.385. The van der Waals surface area contributed by atoms with Crippen LogP contribution in [0, 0.1) is 12.7 Å². The highest BCUT2D eigenvalue weighted by molar-refractivity contribution is 5.92. The molecule has 1 atom stereocenters. The van der Waals surface area contributed by atoms with Gasteiger partial charge in [-0.1, -0.05) is 23.4 Å². The molecule has 1 aliphatic heterocycles. The number of nitrogens with zero attached hydrogens (tertiary/aromatic N) is 3. The van der Waals surface area contributed by atoms with Gasteiger partial charge in [-0.3, -0.25) is 9.59 Å². The highest BCUT2D eigenvalue weighted by atomic mass is 19.1. The number of halogens is 1. The minimum Gasteiger partial charge on any atom is -0.371 e. The Labute approximate surface area is 203 Å². The molecule has 1 unspecified atom stereocenters. The number of nitrogens with one attached hydrogen (secondary N) is 2. The first-order chi connectivity index (χ1) is 16.9. The van der Waals surface area contributed by atoms with Gasteiger partial charge in [-0.15, -0.1) is 0 Å². The smallest absolute Gasteiger partial charge is 0.227 e. The van der Waals surface area contributed by atoms with Crippen molar-refractivity contribution in [1.82, 2.24) is 15.5 Å². The molecule has 0 saturated carbocycles. The molecule has 0 spiro atoms. The summed E-state index contributed by atoms with van der Waals surface area (Å²) in [5.74, 6) is -0.159. The second-order valence-electron chi connectivity index (χ2n) is 8.94. The number of amides is 2. The van der Waals surface area contributed by atoms with E-state index in [-0.39, 0.29) is 48.8 Å². The van der Waals surface area contributed by atoms with E-state index >= 15 is 0 Å². The van der Waals surface area contributed by atoms with Crippen LogP contribution in [0.15, 0.2) is 47.0 Å². The topological polar surface area (TPSA) is 100 Å². The molecule has 3 aromatic rings. The molecule has 0 aliphatic carbocycles. The van der Waals surface area contributed by atoms with Crippen LogP contribution in [0.25, 0.3) is 11.4 Å². The summed E-state index contributed by atoms with van der Waals surface area (Å²) >= 11 is 0. The molecule has 1 aromatic heterocycles. The van der Waals surface area contributed by atoms with Crippen LogP contribution in [0.3, 0.4) is 0 Å². The number of hydrogen-bond acceptors (Lipinski definition) is 6. The SMILES string of the molecule is Cc1ccc(-c2noc(CCC(=O)NC(C)CC(=O)Nc3cccc(N4CCCC4)c3)n2)cc1F. The van der Waals surface area contributed by atoms with Gasteiger partial charge >= 0.3 is 0 Å². The van der Waals surface area contributed by atoms with Crippen LogP contribution in [0.2, 0.25) is 0 Å². The molecular weight excluding hydrogens is 449 g/mol. The fourth-order valence-electron chi connectivity index (χ4n) is 4.07. The molecule has 1 saturated heterocycles. The molecule has 8 nitrogen and oxygen atoms in total. The van der Waals surface area contributed by atoms with Crippen molar-refractivity contribution in [2.24, 2.45) is 0 Å². The summed E-state index contributed by atoms with van der Waals surface area (Å²) in [6.07, 6.45) is 2.91. The van der Waals surface area contributed by atoms with Crippen LogP contribution in [-0.2, 0) is 16.0 Å². The van der Waals surface area contributed by atoms with Crippen molar-refractivity contribution in [1.29, 1.82) is 0 Å². The average Bonchev–Trinajstić information content (AvgIpc) is 3.52. The highest BCUT2D eigenvalue weighted by Gasteiger charge is 2.16. The normalized spacial score (nSPS) is 14.1. The summed E-state index contributed by atoms with van der Waals surface area (Å²) in [6, 6.07) is 12.2. The van der Waals surface area contributed by atoms with Gasteiger partial charge in [0.2, 0.25) is 23.5 Å². The minimum absolute atomic E-state index is 0.133. The van der Waals surface area contributed by atoms with Gasteiger partial charge in [0.25, 0.3) is 0 Å². The lowest BCUT2D eigenvalue weighted by Gasteiger charge is -2.19. The Bertz CT molecular complexity index is 1190. The Balaban J connectivity index is 1.22. The Kier molecular flexibility index (Phi) is 7.74. The first-order valence-electron chi connectivity index (χ1n) is 11.9. The maximum atomic E-state index is 13.8. The van der Waals surface area contributed by atoms with Crippen LogP contribution in [0.5, 0.6) is 0 Å². The van der Waals surface area contributed by atoms with Gasteiger partial charge in [-0.05, 0) is 56.5 Å². The molecule has 2 amide bonds. The predicted octanol–water partition coefficient (Wildman–Crippen LogP) is 4.25. The molecule has 4 rings (SSSR count). The van der Waals surface area contributed by atoms with Crippen molar-refractivity contribution < 1.29 is 18.5 Å². The predicted molar refractivity (Wildman–Crippen MR) is 131 cm³/mol. The Morgan fingerprint density at radius 3 is 2.71 bits per heavy atom. The number of carbonyl (C=O) groups excluding carboxylic acids is 2. The maximum Gasteiger partial charge on any atom is 0.227 e. The Hall–Kier alpha value is -3.75. The molecule has 1 aliphatic rings. The molecule has 0 bridgehead atoms. The molecule has 0 radical (unpaired) electrons. The van der Waals surface area contributed by atoms with Gasteiger partial charge in [-0.2, -0.15) is 4.98 Å². The van der Waals surface area contributed by atoms with Gasteiger partial charge in [0.1, 0.15) is 5.82 Å². The van der Waals surface area contributed by atoms with E-state index in [0.717, 1.165) is 24.5 Å². The van der Waals surface area contributed by atoms with Gasteiger partial charge in [0.15, 0.2) is 0 Å². The van der Waals surface area contributed by atoms with Gasteiger partial charge in [0, 0.05) is 55.3 Å². The van der Waals surface area contributed by atoms with Crippen molar-refractivity contribution in [2.45, 2.75) is 52.0 Å². The number of rotatable bonds is 9. The molecule has 2 aromatic carbocycles. The van der Waals surface area contributed by atoms with E-state index in [1.54, 1.807) is 26.0 Å². The molecule has 184 valence electrons. The molecule has 2 heterocycles. The zero-order valence-electron chi connectivity index (χ0n) is 20.0. The van der Waals surface area contributed by atoms with Crippen LogP contribution in [0.4, 0.5) is 15.8 Å². The molecule has 1 fully saturated rings. The summed E-state index contributed by atoms with van der Waals surface area (Å²) < 4.78 is 19.0. The fourth-order valence-corrected chi connectivity index (χ4v) is 4.07. The number of carbonyl (C=O) groups is 2. The van der Waals surface area contributed by atoms with Crippen molar-refractivity contribution in [2.75, 3.05) is 23.3 Å². The third kappa shape index (κ3) is 6.65. The standard InChI is InChI=1S/C26H30FN5O3/c1-17-8-9-19(15-22(17)27)26-30-25(35-31-26)11-10-23(33)28-18(2)14-24(34)29-20-6-5-7-21(16-20)32-12-3-4-13-32/h5-9,15-16,18H,3-4,10-14H2,1-2H3,(H,28,33)(H,29,34). The third-order valence-electron chi connectivity index (χ3n) is 5.96. The van der Waals surface area contributed by atoms with Crippen LogP contribution >= 0.6 is 0 Å². The molecule has 2 N–H and O–H groups in total. The van der Waals surface area contributed by atoms with Crippen LogP contribution in [0.1, 0.15) is 44.1 Å². The lowest BCUT2D eigenvalue weighted by Crippen LogP contribution is -2.35. The molecule has 35 heavy (non-hydrogen) atoms. The monoisotopic (exact) mass is 479 g/mol. The quantitative estimate of drug-likeness (QED) is 0.476. The van der Waals surface area contributed by atoms with E-state index < -0.39 is 0 Å². The van der Waals surface area contributed by atoms with E-state index in [9.17, 15) is 14.0 Å². The number of anilines is 2. The highest BCUT2D eigenvalue weighted by Crippen LogP contribution is 2.23. The summed E-state index contributed by atoms with van der Waals surface area (Å²) in [6.45, 7) is 5.54. The second kappa shape index (κ2) is 11.1. The van der Waals surface area contributed by atoms with Crippen molar-refractivity contribution in [3.63, 3.8) is 0 Å². The van der Waals surface area contributed by atoms with E-state index in [1.165, 1.54) is 18.9 Å². The zero-order chi connectivity index (χ0) is 24.8. The average molecular weight is 480 g/mol. The maximum absolute atomic E-state index is 13.8. The van der Waals surface area contributed by atoms with Crippen molar-refractivity contribution >= 4 is 23.2 Å².